The van der Waals surface area contributed by atoms with E-state index in [9.17, 15) is 9.18 Å². The molecule has 0 radical (unpaired) electrons. The van der Waals surface area contributed by atoms with Crippen molar-refractivity contribution in [3.05, 3.63) is 29.6 Å². The summed E-state index contributed by atoms with van der Waals surface area (Å²) in [6, 6.07) is 5.47. The second kappa shape index (κ2) is 8.35. The summed E-state index contributed by atoms with van der Waals surface area (Å²) in [4.78, 5) is 16.6. The van der Waals surface area contributed by atoms with E-state index in [4.69, 9.17) is 4.74 Å². The number of halogens is 1. The molecule has 2 aliphatic rings. The number of carbonyl (C=O) groups is 1. The summed E-state index contributed by atoms with van der Waals surface area (Å²) in [5.41, 5.74) is 1.06. The number of nitrogens with zero attached hydrogens (tertiary/aromatic N) is 2. The Labute approximate surface area is 155 Å². The minimum Gasteiger partial charge on any atom is -0.494 e. The normalized spacial score (nSPS) is 23.9. The Kier molecular flexibility index (Phi) is 6.14. The van der Waals surface area contributed by atoms with Gasteiger partial charge in [0.1, 0.15) is 0 Å². The third kappa shape index (κ3) is 4.74. The van der Waals surface area contributed by atoms with Crippen molar-refractivity contribution >= 4 is 5.91 Å². The van der Waals surface area contributed by atoms with E-state index in [2.05, 4.69) is 29.2 Å². The molecular weight excluding hydrogens is 333 g/mol. The van der Waals surface area contributed by atoms with Gasteiger partial charge in [0.2, 0.25) is 5.91 Å². The van der Waals surface area contributed by atoms with Crippen molar-refractivity contribution in [1.82, 2.24) is 15.1 Å². The highest BCUT2D eigenvalue weighted by Crippen LogP contribution is 2.29. The SMILES string of the molecule is COc1cc(CN2CC[C@H](CNC(=O)C3CC3)[C@H](N(C)C)C2)ccc1F. The lowest BCUT2D eigenvalue weighted by Crippen LogP contribution is -2.53. The van der Waals surface area contributed by atoms with Gasteiger partial charge in [-0.3, -0.25) is 9.69 Å². The van der Waals surface area contributed by atoms with E-state index < -0.39 is 0 Å². The fourth-order valence-corrected chi connectivity index (χ4v) is 3.79. The molecule has 0 aromatic heterocycles. The summed E-state index contributed by atoms with van der Waals surface area (Å²) in [5.74, 6) is 0.924. The van der Waals surface area contributed by atoms with Crippen molar-refractivity contribution in [3.8, 4) is 5.75 Å². The summed E-state index contributed by atoms with van der Waals surface area (Å²) >= 11 is 0. The number of amides is 1. The molecule has 1 saturated heterocycles. The average Bonchev–Trinajstić information content (AvgIpc) is 3.47. The van der Waals surface area contributed by atoms with E-state index in [1.165, 1.54) is 13.2 Å². The van der Waals surface area contributed by atoms with E-state index in [0.29, 0.717) is 17.7 Å². The molecule has 3 rings (SSSR count). The number of carbonyl (C=O) groups excluding carboxylic acids is 1. The van der Waals surface area contributed by atoms with Crippen LogP contribution in [0.1, 0.15) is 24.8 Å². The molecule has 0 unspecified atom stereocenters. The maximum Gasteiger partial charge on any atom is 0.223 e. The van der Waals surface area contributed by atoms with E-state index >= 15 is 0 Å². The number of piperidine rings is 1. The van der Waals surface area contributed by atoms with Crippen molar-refractivity contribution in [2.24, 2.45) is 11.8 Å². The molecule has 6 heteroatoms. The minimum atomic E-state index is -0.326. The molecule has 0 bridgehead atoms. The molecule has 2 fully saturated rings. The first-order valence-corrected chi connectivity index (χ1v) is 9.47. The third-order valence-electron chi connectivity index (χ3n) is 5.58. The standard InChI is InChI=1S/C20H30FN3O2/c1-23(2)18-13-24(12-14-4-7-17(21)19(10-14)26-3)9-8-16(18)11-22-20(25)15-5-6-15/h4,7,10,15-16,18H,5-6,8-9,11-13H2,1-3H3,(H,22,25)/t16-,18-/m1/s1. The molecule has 1 saturated carbocycles. The van der Waals surface area contributed by atoms with Crippen LogP contribution < -0.4 is 10.1 Å². The maximum absolute atomic E-state index is 13.6. The molecule has 26 heavy (non-hydrogen) atoms. The van der Waals surface area contributed by atoms with Crippen LogP contribution in [0.5, 0.6) is 5.75 Å². The molecule has 2 atom stereocenters. The van der Waals surface area contributed by atoms with E-state index in [-0.39, 0.29) is 17.6 Å². The van der Waals surface area contributed by atoms with E-state index in [1.54, 1.807) is 6.07 Å². The zero-order valence-corrected chi connectivity index (χ0v) is 16.0. The van der Waals surface area contributed by atoms with E-state index in [0.717, 1.165) is 51.0 Å². The smallest absolute Gasteiger partial charge is 0.223 e. The lowest BCUT2D eigenvalue weighted by molar-refractivity contribution is -0.122. The summed E-state index contributed by atoms with van der Waals surface area (Å²) in [6.07, 6.45) is 3.14. The Morgan fingerprint density at radius 2 is 2.12 bits per heavy atom. The van der Waals surface area contributed by atoms with Crippen LogP contribution >= 0.6 is 0 Å². The molecule has 5 nitrogen and oxygen atoms in total. The van der Waals surface area contributed by atoms with Gasteiger partial charge in [-0.1, -0.05) is 6.07 Å². The fourth-order valence-electron chi connectivity index (χ4n) is 3.79. The highest BCUT2D eigenvalue weighted by molar-refractivity contribution is 5.80. The van der Waals surface area contributed by atoms with Gasteiger partial charge in [0.05, 0.1) is 7.11 Å². The zero-order valence-electron chi connectivity index (χ0n) is 16.0. The summed E-state index contributed by atoms with van der Waals surface area (Å²) in [5, 5.41) is 3.14. The number of hydrogen-bond donors (Lipinski definition) is 1. The van der Waals surface area contributed by atoms with Gasteiger partial charge in [0.25, 0.3) is 0 Å². The first-order valence-electron chi connectivity index (χ1n) is 9.47. The largest absolute Gasteiger partial charge is 0.494 e. The van der Waals surface area contributed by atoms with Crippen molar-refractivity contribution in [2.75, 3.05) is 40.8 Å². The molecule has 1 aromatic rings. The number of hydrogen-bond acceptors (Lipinski definition) is 4. The molecule has 1 aromatic carbocycles. The third-order valence-corrected chi connectivity index (χ3v) is 5.58. The van der Waals surface area contributed by atoms with Gasteiger partial charge in [-0.15, -0.1) is 0 Å². The van der Waals surface area contributed by atoms with Crippen molar-refractivity contribution in [3.63, 3.8) is 0 Å². The Morgan fingerprint density at radius 3 is 2.77 bits per heavy atom. The topological polar surface area (TPSA) is 44.8 Å². The van der Waals surface area contributed by atoms with Crippen molar-refractivity contribution < 1.29 is 13.9 Å². The molecule has 1 heterocycles. The maximum atomic E-state index is 13.6. The van der Waals surface area contributed by atoms with Crippen LogP contribution in [0.3, 0.4) is 0 Å². The zero-order chi connectivity index (χ0) is 18.7. The average molecular weight is 363 g/mol. The van der Waals surface area contributed by atoms with Crippen LogP contribution in [0.4, 0.5) is 4.39 Å². The summed E-state index contributed by atoms with van der Waals surface area (Å²) < 4.78 is 18.7. The van der Waals surface area contributed by atoms with Crippen LogP contribution in [-0.2, 0) is 11.3 Å². The van der Waals surface area contributed by atoms with Gasteiger partial charge in [-0.25, -0.2) is 4.39 Å². The van der Waals surface area contributed by atoms with Gasteiger partial charge in [0.15, 0.2) is 11.6 Å². The molecule has 144 valence electrons. The number of benzene rings is 1. The number of rotatable bonds is 7. The van der Waals surface area contributed by atoms with Crippen LogP contribution in [0.25, 0.3) is 0 Å². The number of likely N-dealkylation sites (tertiary alicyclic amines) is 1. The molecule has 1 amide bonds. The Bertz CT molecular complexity index is 633. The quantitative estimate of drug-likeness (QED) is 0.806. The van der Waals surface area contributed by atoms with Crippen LogP contribution in [-0.4, -0.2) is 62.6 Å². The first kappa shape index (κ1) is 19.1. The molecule has 1 N–H and O–H groups in total. The Morgan fingerprint density at radius 1 is 1.35 bits per heavy atom. The molecule has 1 aliphatic carbocycles. The fraction of sp³-hybridized carbons (Fsp3) is 0.650. The lowest BCUT2D eigenvalue weighted by Gasteiger charge is -2.42. The number of ether oxygens (including phenoxy) is 1. The van der Waals surface area contributed by atoms with Gasteiger partial charge in [-0.05, 0) is 63.5 Å². The van der Waals surface area contributed by atoms with Crippen LogP contribution in [0.15, 0.2) is 18.2 Å². The predicted molar refractivity (Wildman–Crippen MR) is 99.5 cm³/mol. The van der Waals surface area contributed by atoms with E-state index in [1.807, 2.05) is 6.07 Å². The molecular formula is C20H30FN3O2. The molecule has 0 spiro atoms. The summed E-state index contributed by atoms with van der Waals surface area (Å²) in [7, 11) is 5.70. The van der Waals surface area contributed by atoms with Gasteiger partial charge < -0.3 is 15.0 Å². The first-order chi connectivity index (χ1) is 12.5. The molecule has 1 aliphatic heterocycles. The van der Waals surface area contributed by atoms with Gasteiger partial charge in [-0.2, -0.15) is 0 Å². The van der Waals surface area contributed by atoms with Gasteiger partial charge >= 0.3 is 0 Å². The highest BCUT2D eigenvalue weighted by Gasteiger charge is 2.33. The van der Waals surface area contributed by atoms with Crippen molar-refractivity contribution in [2.45, 2.75) is 31.8 Å². The number of methoxy groups -OCH3 is 1. The predicted octanol–water partition coefficient (Wildman–Crippen LogP) is 2.11. The second-order valence-corrected chi connectivity index (χ2v) is 7.80. The lowest BCUT2D eigenvalue weighted by atomic mass is 9.90. The Hall–Kier alpha value is -1.66. The summed E-state index contributed by atoms with van der Waals surface area (Å²) in [6.45, 7) is 3.46. The van der Waals surface area contributed by atoms with Crippen LogP contribution in [0.2, 0.25) is 0 Å². The monoisotopic (exact) mass is 363 g/mol. The second-order valence-electron chi connectivity index (χ2n) is 7.80. The highest BCUT2D eigenvalue weighted by atomic mass is 19.1. The Balaban J connectivity index is 1.57. The van der Waals surface area contributed by atoms with Gasteiger partial charge in [0, 0.05) is 31.6 Å². The van der Waals surface area contributed by atoms with Crippen LogP contribution in [0, 0.1) is 17.7 Å². The number of nitrogens with one attached hydrogen (secondary N) is 1. The number of likely N-dealkylation sites (N-methyl/N-ethyl adjacent to an activating group) is 1. The minimum absolute atomic E-state index is 0.225. The van der Waals surface area contributed by atoms with Crippen molar-refractivity contribution in [1.29, 1.82) is 0 Å².